The molecule has 3 aliphatic heterocycles. The third-order valence-corrected chi connectivity index (χ3v) is 4.92. The maximum atomic E-state index is 11.1. The average Bonchev–Trinajstić information content (AvgIpc) is 2.93. The lowest BCUT2D eigenvalue weighted by molar-refractivity contribution is -0.252. The number of carbonyl (C=O) groups is 1. The molecule has 0 bridgehead atoms. The van der Waals surface area contributed by atoms with Crippen LogP contribution in [0.5, 0.6) is 0 Å². The topological polar surface area (TPSA) is 222 Å². The van der Waals surface area contributed by atoms with Crippen molar-refractivity contribution in [1.82, 2.24) is 10.2 Å². The van der Waals surface area contributed by atoms with E-state index in [1.165, 1.54) is 6.92 Å². The number of ether oxygens (including phenoxy) is 1. The second-order valence-electron chi connectivity index (χ2n) is 6.06. The van der Waals surface area contributed by atoms with E-state index >= 15 is 0 Å². The number of esters is 1. The fourth-order valence-corrected chi connectivity index (χ4v) is 3.98. The number of aliphatic imine (C=N–C) groups is 2. The third-order valence-electron chi connectivity index (χ3n) is 4.44. The van der Waals surface area contributed by atoms with Gasteiger partial charge in [-0.15, -0.1) is 0 Å². The zero-order valence-corrected chi connectivity index (χ0v) is 14.3. The van der Waals surface area contributed by atoms with Crippen LogP contribution in [0.3, 0.4) is 0 Å². The molecule has 14 nitrogen and oxygen atoms in total. The molecule has 0 aliphatic carbocycles. The number of hydrogen-bond acceptors (Lipinski definition) is 13. The SMILES string of the molecule is CC(=O)OCC1N=C(N)N2CC(OS(=O)(=O)O)C(O)(O)C23NC(N)=NC13. The van der Waals surface area contributed by atoms with E-state index in [9.17, 15) is 23.4 Å². The Balaban J connectivity index is 2.04. The van der Waals surface area contributed by atoms with Gasteiger partial charge in [0, 0.05) is 6.92 Å². The second-order valence-corrected chi connectivity index (χ2v) is 7.11. The second kappa shape index (κ2) is 5.65. The minimum absolute atomic E-state index is 0.197. The van der Waals surface area contributed by atoms with Crippen molar-refractivity contribution in [3.63, 3.8) is 0 Å². The van der Waals surface area contributed by atoms with Gasteiger partial charge in [0.15, 0.2) is 23.7 Å². The molecule has 1 saturated heterocycles. The zero-order valence-electron chi connectivity index (χ0n) is 13.4. The van der Waals surface area contributed by atoms with Crippen molar-refractivity contribution in [2.24, 2.45) is 21.5 Å². The number of aliphatic hydroxyl groups is 2. The number of nitrogens with two attached hydrogens (primary N) is 2. The van der Waals surface area contributed by atoms with Crippen molar-refractivity contribution in [2.45, 2.75) is 36.6 Å². The van der Waals surface area contributed by atoms with Gasteiger partial charge in [-0.2, -0.15) is 8.42 Å². The molecular formula is C11H18N6O8S. The largest absolute Gasteiger partial charge is 0.464 e. The summed E-state index contributed by atoms with van der Waals surface area (Å²) in [4.78, 5) is 20.4. The standard InChI is InChI=1S/C11H18N6O8S/c1-4(18)24-3-5-7-10(16-8(12)15-7)11(19,20)6(25-26(21,22)23)2-17(10)9(13)14-5/h5-7,19-20H,2-3H2,1H3,(H2,13,14)(H3,12,15,16)(H,21,22,23). The molecule has 3 aliphatic rings. The summed E-state index contributed by atoms with van der Waals surface area (Å²) in [5, 5.41) is 24.0. The smallest absolute Gasteiger partial charge is 0.397 e. The van der Waals surface area contributed by atoms with Crippen LogP contribution in [-0.4, -0.2) is 88.8 Å². The summed E-state index contributed by atoms with van der Waals surface area (Å²) in [5.74, 6) is -3.94. The Morgan fingerprint density at radius 2 is 2.08 bits per heavy atom. The van der Waals surface area contributed by atoms with Crippen molar-refractivity contribution in [2.75, 3.05) is 13.2 Å². The first-order valence-corrected chi connectivity index (χ1v) is 8.71. The van der Waals surface area contributed by atoms with Gasteiger partial charge in [0.1, 0.15) is 18.7 Å². The van der Waals surface area contributed by atoms with Gasteiger partial charge < -0.3 is 36.6 Å². The maximum absolute atomic E-state index is 11.1. The van der Waals surface area contributed by atoms with Crippen LogP contribution in [0.1, 0.15) is 6.92 Å². The molecule has 3 rings (SSSR count). The summed E-state index contributed by atoms with van der Waals surface area (Å²) in [7, 11) is -5.01. The highest BCUT2D eigenvalue weighted by atomic mass is 32.3. The molecule has 0 amide bonds. The summed E-state index contributed by atoms with van der Waals surface area (Å²) in [6.45, 7) is 0.430. The molecule has 0 aromatic carbocycles. The summed E-state index contributed by atoms with van der Waals surface area (Å²) in [6.07, 6.45) is -1.84. The number of guanidine groups is 2. The van der Waals surface area contributed by atoms with Gasteiger partial charge in [-0.1, -0.05) is 0 Å². The van der Waals surface area contributed by atoms with Crippen molar-refractivity contribution in [3.8, 4) is 0 Å². The lowest BCUT2D eigenvalue weighted by Crippen LogP contribution is -2.77. The number of rotatable bonds is 4. The Kier molecular flexibility index (Phi) is 4.04. The van der Waals surface area contributed by atoms with Crippen molar-refractivity contribution in [3.05, 3.63) is 0 Å². The predicted molar refractivity (Wildman–Crippen MR) is 83.6 cm³/mol. The zero-order chi connectivity index (χ0) is 19.5. The highest BCUT2D eigenvalue weighted by molar-refractivity contribution is 7.80. The van der Waals surface area contributed by atoms with Crippen LogP contribution in [0.15, 0.2) is 9.98 Å². The fraction of sp³-hybridized carbons (Fsp3) is 0.727. The lowest BCUT2D eigenvalue weighted by Gasteiger charge is -2.48. The Hall–Kier alpha value is -2.20. The van der Waals surface area contributed by atoms with E-state index in [2.05, 4.69) is 19.5 Å². The van der Waals surface area contributed by atoms with Gasteiger partial charge in [0.2, 0.25) is 5.79 Å². The predicted octanol–water partition coefficient (Wildman–Crippen LogP) is -4.59. The monoisotopic (exact) mass is 394 g/mol. The Morgan fingerprint density at radius 1 is 1.42 bits per heavy atom. The summed E-state index contributed by atoms with van der Waals surface area (Å²) in [6, 6.07) is -2.05. The van der Waals surface area contributed by atoms with Gasteiger partial charge in [0.05, 0.1) is 6.54 Å². The Morgan fingerprint density at radius 3 is 2.65 bits per heavy atom. The maximum Gasteiger partial charge on any atom is 0.397 e. The molecular weight excluding hydrogens is 376 g/mol. The van der Waals surface area contributed by atoms with Gasteiger partial charge in [-0.3, -0.25) is 9.35 Å². The normalized spacial score (nSPS) is 35.1. The van der Waals surface area contributed by atoms with E-state index in [4.69, 9.17) is 20.8 Å². The van der Waals surface area contributed by atoms with E-state index in [1.807, 2.05) is 0 Å². The minimum Gasteiger partial charge on any atom is -0.464 e. The van der Waals surface area contributed by atoms with E-state index in [0.29, 0.717) is 0 Å². The van der Waals surface area contributed by atoms with Crippen LogP contribution in [0, 0.1) is 0 Å². The first kappa shape index (κ1) is 18.6. The van der Waals surface area contributed by atoms with Gasteiger partial charge in [-0.05, 0) is 0 Å². The Labute approximate surface area is 147 Å². The molecule has 3 heterocycles. The summed E-state index contributed by atoms with van der Waals surface area (Å²) >= 11 is 0. The van der Waals surface area contributed by atoms with E-state index in [0.717, 1.165) is 4.90 Å². The molecule has 0 saturated carbocycles. The Bertz CT molecular complexity index is 797. The summed E-state index contributed by atoms with van der Waals surface area (Å²) < 4.78 is 40.3. The van der Waals surface area contributed by atoms with Crippen LogP contribution in [0.4, 0.5) is 0 Å². The van der Waals surface area contributed by atoms with E-state index in [1.54, 1.807) is 0 Å². The molecule has 0 aromatic heterocycles. The molecule has 4 unspecified atom stereocenters. The average molecular weight is 394 g/mol. The number of nitrogens with one attached hydrogen (secondary N) is 1. The number of nitrogens with zero attached hydrogens (tertiary/aromatic N) is 3. The van der Waals surface area contributed by atoms with Gasteiger partial charge in [-0.25, -0.2) is 14.2 Å². The number of hydrogen-bond donors (Lipinski definition) is 6. The first-order chi connectivity index (χ1) is 11.9. The molecule has 4 atom stereocenters. The summed E-state index contributed by atoms with van der Waals surface area (Å²) in [5.41, 5.74) is 9.62. The fourth-order valence-electron chi connectivity index (χ4n) is 3.49. The van der Waals surface area contributed by atoms with Crippen molar-refractivity contribution >= 4 is 28.3 Å². The molecule has 1 fully saturated rings. The molecule has 15 heteroatoms. The molecule has 0 aromatic rings. The molecule has 1 spiro atoms. The number of carbonyl (C=O) groups excluding carboxylic acids is 1. The van der Waals surface area contributed by atoms with Gasteiger partial charge >= 0.3 is 16.4 Å². The van der Waals surface area contributed by atoms with Crippen molar-refractivity contribution < 1.29 is 36.9 Å². The first-order valence-electron chi connectivity index (χ1n) is 7.34. The van der Waals surface area contributed by atoms with E-state index < -0.39 is 52.6 Å². The quantitative estimate of drug-likeness (QED) is 0.151. The lowest BCUT2D eigenvalue weighted by atomic mass is 9.86. The van der Waals surface area contributed by atoms with E-state index in [-0.39, 0.29) is 18.5 Å². The molecule has 8 N–H and O–H groups in total. The van der Waals surface area contributed by atoms with Crippen LogP contribution < -0.4 is 16.8 Å². The third kappa shape index (κ3) is 2.64. The van der Waals surface area contributed by atoms with Crippen LogP contribution in [0.25, 0.3) is 0 Å². The van der Waals surface area contributed by atoms with Gasteiger partial charge in [0.25, 0.3) is 0 Å². The van der Waals surface area contributed by atoms with Crippen LogP contribution >= 0.6 is 0 Å². The molecule has 26 heavy (non-hydrogen) atoms. The molecule has 146 valence electrons. The molecule has 0 radical (unpaired) electrons. The van der Waals surface area contributed by atoms with Crippen molar-refractivity contribution in [1.29, 1.82) is 0 Å². The van der Waals surface area contributed by atoms with Crippen LogP contribution in [0.2, 0.25) is 0 Å². The van der Waals surface area contributed by atoms with Crippen LogP contribution in [-0.2, 0) is 24.1 Å². The highest BCUT2D eigenvalue weighted by Crippen LogP contribution is 2.45. The minimum atomic E-state index is -5.01. The highest BCUT2D eigenvalue weighted by Gasteiger charge is 2.74.